The van der Waals surface area contributed by atoms with Crippen molar-refractivity contribution in [1.82, 2.24) is 13.7 Å². The molecule has 0 bridgehead atoms. The smallest absolute Gasteiger partial charge is 0.748 e. The normalized spacial score (nSPS) is 11.7. The van der Waals surface area contributed by atoms with Crippen LogP contribution in [0.1, 0.15) is 19.3 Å². The predicted molar refractivity (Wildman–Crippen MR) is 165 cm³/mol. The molecule has 0 spiro atoms. The fourth-order valence-electron chi connectivity index (χ4n) is 3.17. The van der Waals surface area contributed by atoms with E-state index in [2.05, 4.69) is 0 Å². The molecule has 0 unspecified atom stereocenters. The van der Waals surface area contributed by atoms with Gasteiger partial charge in [0.05, 0.1) is 71.1 Å². The van der Waals surface area contributed by atoms with Crippen LogP contribution in [0.15, 0.2) is 56.2 Å². The maximum Gasteiger partial charge on any atom is 3.00 e. The second kappa shape index (κ2) is 27.8. The second-order valence-corrected chi connectivity index (χ2v) is 14.9. The summed E-state index contributed by atoms with van der Waals surface area (Å²) in [6, 6.07) is 0. The minimum absolute atomic E-state index is 0. The van der Waals surface area contributed by atoms with Crippen molar-refractivity contribution >= 4 is 52.1 Å². The number of rotatable bonds is 12. The average molecular weight is 1050 g/mol. The molecule has 0 saturated carbocycles. The van der Waals surface area contributed by atoms with Crippen LogP contribution in [0, 0.1) is 46.9 Å². The molecule has 3 aromatic heterocycles. The van der Waals surface area contributed by atoms with Gasteiger partial charge in [0.15, 0.2) is 0 Å². The Bertz CT molecular complexity index is 1570. The SMILES string of the molecule is C[n+]1ccn(CCCS(=O)(=O)[O-])c1.C[n+]1ccn(CCCS(=O)(=O)[O-])c1.C[n+]1ccn(CCCS(=O)(=O)[O-])c1.F[B-](F)(F)F.F[B-](F)(F)F.F[B-](F)(F)F.[Yb+3]. The number of hydrogen-bond acceptors (Lipinski definition) is 9. The summed E-state index contributed by atoms with van der Waals surface area (Å²) in [5.74, 6) is -0.890. The van der Waals surface area contributed by atoms with Crippen molar-refractivity contribution in [1.29, 1.82) is 0 Å². The molecule has 0 saturated heterocycles. The summed E-state index contributed by atoms with van der Waals surface area (Å²) >= 11 is 0. The summed E-state index contributed by atoms with van der Waals surface area (Å²) in [6.07, 6.45) is 17.6. The van der Waals surface area contributed by atoms with Gasteiger partial charge in [-0.25, -0.2) is 52.7 Å². The van der Waals surface area contributed by atoms with E-state index < -0.39 is 52.1 Å². The van der Waals surface area contributed by atoms with Crippen LogP contribution in [0.2, 0.25) is 0 Å². The molecular formula is C21H36B3F12N6O9S3Yb. The van der Waals surface area contributed by atoms with E-state index in [1.165, 1.54) is 0 Å². The summed E-state index contributed by atoms with van der Waals surface area (Å²) in [7, 11) is -24.5. The number of aryl methyl sites for hydroxylation is 6. The first kappa shape index (κ1) is 59.9. The number of halogens is 12. The molecular weight excluding hydrogens is 1010 g/mol. The molecule has 15 nitrogen and oxygen atoms in total. The molecule has 0 aliphatic rings. The minimum atomic E-state index is -6.00. The van der Waals surface area contributed by atoms with Gasteiger partial charge in [0.2, 0.25) is 19.0 Å². The summed E-state index contributed by atoms with van der Waals surface area (Å²) in [4.78, 5) is 0. The van der Waals surface area contributed by atoms with Gasteiger partial charge in [-0.15, -0.1) is 0 Å². The molecule has 34 heteroatoms. The van der Waals surface area contributed by atoms with Crippen LogP contribution < -0.4 is 13.7 Å². The first-order chi connectivity index (χ1) is 23.9. The van der Waals surface area contributed by atoms with Gasteiger partial charge in [-0.2, -0.15) is 0 Å². The third-order valence-electron chi connectivity index (χ3n) is 4.90. The van der Waals surface area contributed by atoms with Gasteiger partial charge in [0.25, 0.3) is 0 Å². The fraction of sp³-hybridized carbons (Fsp3) is 0.571. The number of nitrogens with zero attached hydrogens (tertiary/aromatic N) is 6. The van der Waals surface area contributed by atoms with Gasteiger partial charge in [-0.3, -0.25) is 0 Å². The van der Waals surface area contributed by atoms with E-state index in [-0.39, 0.29) is 64.2 Å². The Hall–Kier alpha value is -1.77. The van der Waals surface area contributed by atoms with Gasteiger partial charge >= 0.3 is 68.7 Å². The number of hydrogen-bond donors (Lipinski definition) is 0. The number of aromatic nitrogens is 6. The zero-order valence-electron chi connectivity index (χ0n) is 28.7. The van der Waals surface area contributed by atoms with Crippen molar-refractivity contribution in [2.45, 2.75) is 38.9 Å². The van der Waals surface area contributed by atoms with E-state index in [0.717, 1.165) is 0 Å². The predicted octanol–water partition coefficient (Wildman–Crippen LogP) is 1.64. The van der Waals surface area contributed by atoms with Crippen molar-refractivity contribution < 1.29 is 151 Å². The van der Waals surface area contributed by atoms with Gasteiger partial charge in [0, 0.05) is 17.3 Å². The number of imidazole rings is 3. The Labute approximate surface area is 348 Å². The zero-order valence-corrected chi connectivity index (χ0v) is 32.8. The first-order valence-corrected chi connectivity index (χ1v) is 19.1. The monoisotopic (exact) mass is 1050 g/mol. The maximum absolute atomic E-state index is 10.3. The van der Waals surface area contributed by atoms with E-state index in [9.17, 15) is 90.7 Å². The molecule has 55 heavy (non-hydrogen) atoms. The molecule has 0 amide bonds. The summed E-state index contributed by atoms with van der Waals surface area (Å²) < 4.78 is 220. The van der Waals surface area contributed by atoms with Crippen molar-refractivity contribution in [3.63, 3.8) is 0 Å². The molecule has 0 aliphatic heterocycles. The molecule has 3 rings (SSSR count). The first-order valence-electron chi connectivity index (χ1n) is 14.4. The molecule has 0 fully saturated rings. The van der Waals surface area contributed by atoms with Crippen LogP contribution >= 0.6 is 0 Å². The van der Waals surface area contributed by atoms with Gasteiger partial charge in [-0.05, 0) is 19.3 Å². The summed E-state index contributed by atoms with van der Waals surface area (Å²) in [6.45, 7) is 1.67. The molecule has 3 aromatic rings. The Kier molecular flexibility index (Phi) is 30.3. The molecule has 0 N–H and O–H groups in total. The fourth-order valence-corrected chi connectivity index (χ4v) is 4.62. The van der Waals surface area contributed by atoms with Crippen LogP contribution in [0.4, 0.5) is 51.8 Å². The zero-order chi connectivity index (χ0) is 43.2. The van der Waals surface area contributed by atoms with Crippen molar-refractivity contribution in [2.75, 3.05) is 17.3 Å². The standard InChI is InChI=1S/3C7H12N2O3S.3BF4.Yb/c3*1-8-4-5-9(7-8)3-2-6-13(10,11)12;3*2-1(3,4)5;/h3*4-5,7H,2-3,6H2,1H3;;;;/q;;;3*-1;+3. The molecule has 329 valence electrons. The van der Waals surface area contributed by atoms with Crippen LogP contribution in [0.5, 0.6) is 0 Å². The largest absolute Gasteiger partial charge is 3.00 e. The van der Waals surface area contributed by atoms with Crippen molar-refractivity contribution in [2.24, 2.45) is 21.1 Å². The maximum atomic E-state index is 10.3. The van der Waals surface area contributed by atoms with E-state index in [0.29, 0.717) is 38.9 Å². The Morgan fingerprint density at radius 1 is 0.455 bits per heavy atom. The van der Waals surface area contributed by atoms with Gasteiger partial charge in [0.1, 0.15) is 37.2 Å². The quantitative estimate of drug-likeness (QED) is 0.112. The van der Waals surface area contributed by atoms with Crippen LogP contribution in [0.3, 0.4) is 0 Å². The Morgan fingerprint density at radius 2 is 0.618 bits per heavy atom. The van der Waals surface area contributed by atoms with Crippen molar-refractivity contribution in [3.05, 3.63) is 56.2 Å². The third kappa shape index (κ3) is 61.7. The molecule has 0 aliphatic carbocycles. The Balaban J connectivity index is -0.000000298. The van der Waals surface area contributed by atoms with Gasteiger partial charge in [-0.1, -0.05) is 0 Å². The average Bonchev–Trinajstić information content (AvgIpc) is 3.61. The molecule has 0 aromatic carbocycles. The van der Waals surface area contributed by atoms with Crippen LogP contribution in [-0.2, 0) is 71.1 Å². The van der Waals surface area contributed by atoms with E-state index in [1.54, 1.807) is 0 Å². The second-order valence-electron chi connectivity index (χ2n) is 10.3. The molecule has 1 radical (unpaired) electrons. The van der Waals surface area contributed by atoms with E-state index in [4.69, 9.17) is 0 Å². The minimum Gasteiger partial charge on any atom is -0.748 e. The topological polar surface area (TPSA) is 198 Å². The summed E-state index contributed by atoms with van der Waals surface area (Å²) in [5.41, 5.74) is 0. The van der Waals surface area contributed by atoms with Crippen LogP contribution in [-0.4, -0.2) is 91.6 Å². The van der Waals surface area contributed by atoms with E-state index >= 15 is 0 Å². The molecule has 0 atom stereocenters. The van der Waals surface area contributed by atoms with E-state index in [1.807, 2.05) is 105 Å². The Morgan fingerprint density at radius 3 is 0.727 bits per heavy atom. The third-order valence-corrected chi connectivity index (χ3v) is 7.27. The van der Waals surface area contributed by atoms with Crippen molar-refractivity contribution in [3.8, 4) is 0 Å². The van der Waals surface area contributed by atoms with Crippen LogP contribution in [0.25, 0.3) is 0 Å². The summed E-state index contributed by atoms with van der Waals surface area (Å²) in [5, 5.41) is 0. The van der Waals surface area contributed by atoms with Gasteiger partial charge < -0.3 is 65.4 Å². The molecule has 3 heterocycles.